The van der Waals surface area contributed by atoms with Gasteiger partial charge >= 0.3 is 0 Å². The number of anilines is 1. The summed E-state index contributed by atoms with van der Waals surface area (Å²) in [6, 6.07) is 8.14. The van der Waals surface area contributed by atoms with Gasteiger partial charge in [-0.05, 0) is 62.7 Å². The maximum absolute atomic E-state index is 12.6. The lowest BCUT2D eigenvalue weighted by atomic mass is 9.92. The third kappa shape index (κ3) is 3.93. The molecular weight excluding hydrogens is 395 g/mol. The average molecular weight is 423 g/mol. The van der Waals surface area contributed by atoms with Crippen molar-refractivity contribution in [2.75, 3.05) is 18.4 Å². The molecule has 2 N–H and O–H groups in total. The molecule has 152 valence electrons. The van der Waals surface area contributed by atoms with Crippen LogP contribution in [0, 0.1) is 11.3 Å². The summed E-state index contributed by atoms with van der Waals surface area (Å²) >= 11 is 0. The fraction of sp³-hybridized carbons (Fsp3) is 0.524. The van der Waals surface area contributed by atoms with Crippen molar-refractivity contribution < 1.29 is 4.79 Å². The molecule has 0 radical (unpaired) electrons. The van der Waals surface area contributed by atoms with E-state index < -0.39 is 0 Å². The van der Waals surface area contributed by atoms with Crippen LogP contribution in [0.25, 0.3) is 11.3 Å². The number of amides is 1. The summed E-state index contributed by atoms with van der Waals surface area (Å²) in [6.45, 7) is 3.18. The van der Waals surface area contributed by atoms with Crippen LogP contribution in [0.5, 0.6) is 0 Å². The van der Waals surface area contributed by atoms with Gasteiger partial charge in [-0.25, -0.2) is 4.98 Å². The summed E-state index contributed by atoms with van der Waals surface area (Å²) < 4.78 is 2.28. The van der Waals surface area contributed by atoms with Gasteiger partial charge in [0.2, 0.25) is 5.91 Å². The Morgan fingerprint density at radius 1 is 1.14 bits per heavy atom. The number of aromatic nitrogens is 2. The highest BCUT2D eigenvalue weighted by Crippen LogP contribution is 2.58. The van der Waals surface area contributed by atoms with Gasteiger partial charge in [0.1, 0.15) is 5.82 Å². The molecule has 0 bridgehead atoms. The molecule has 1 spiro atoms. The van der Waals surface area contributed by atoms with Crippen LogP contribution in [0.2, 0.25) is 0 Å². The van der Waals surface area contributed by atoms with Crippen molar-refractivity contribution in [2.45, 2.75) is 45.1 Å². The predicted molar refractivity (Wildman–Crippen MR) is 116 cm³/mol. The maximum Gasteiger partial charge on any atom is 0.228 e. The molecule has 5 rings (SSSR count). The molecule has 3 aliphatic rings. The van der Waals surface area contributed by atoms with Gasteiger partial charge in [0.05, 0.1) is 5.69 Å². The van der Waals surface area contributed by atoms with E-state index in [0.29, 0.717) is 0 Å². The number of nitrogens with zero attached hydrogens (tertiary/aromatic N) is 2. The molecule has 1 aromatic heterocycles. The van der Waals surface area contributed by atoms with E-state index in [1.807, 2.05) is 12.1 Å². The number of aryl methyl sites for hydroxylation is 2. The zero-order valence-corrected chi connectivity index (χ0v) is 17.6. The number of nitrogens with one attached hydrogen (secondary N) is 2. The number of piperidine rings is 1. The molecular formula is C21H28Cl2N4O. The van der Waals surface area contributed by atoms with E-state index in [0.717, 1.165) is 62.3 Å². The molecule has 1 amide bonds. The monoisotopic (exact) mass is 422 g/mol. The topological polar surface area (TPSA) is 59.0 Å². The number of hydrogen-bond donors (Lipinski definition) is 2. The molecule has 1 aromatic carbocycles. The lowest BCUT2D eigenvalue weighted by Gasteiger charge is -2.23. The van der Waals surface area contributed by atoms with Crippen molar-refractivity contribution in [3.05, 3.63) is 36.3 Å². The van der Waals surface area contributed by atoms with Crippen LogP contribution in [0.4, 0.5) is 5.69 Å². The Kier molecular flexibility index (Phi) is 6.37. The number of halogens is 2. The largest absolute Gasteiger partial charge is 0.334 e. The van der Waals surface area contributed by atoms with Crippen molar-refractivity contribution >= 4 is 36.4 Å². The number of carbonyl (C=O) groups excluding carboxylic acids is 1. The van der Waals surface area contributed by atoms with E-state index in [9.17, 15) is 4.79 Å². The normalized spacial score (nSPS) is 21.8. The van der Waals surface area contributed by atoms with Crippen LogP contribution in [-0.2, 0) is 17.8 Å². The quantitative estimate of drug-likeness (QED) is 0.783. The summed E-state index contributed by atoms with van der Waals surface area (Å²) in [7, 11) is 0. The van der Waals surface area contributed by atoms with Crippen molar-refractivity contribution in [3.63, 3.8) is 0 Å². The minimum absolute atomic E-state index is 0. The molecule has 7 heteroatoms. The van der Waals surface area contributed by atoms with Gasteiger partial charge < -0.3 is 15.2 Å². The maximum atomic E-state index is 12.6. The zero-order valence-electron chi connectivity index (χ0n) is 15.9. The van der Waals surface area contributed by atoms with E-state index in [4.69, 9.17) is 4.98 Å². The van der Waals surface area contributed by atoms with Crippen LogP contribution >= 0.6 is 24.8 Å². The summed E-state index contributed by atoms with van der Waals surface area (Å²) in [4.78, 5) is 17.4. The Labute approximate surface area is 178 Å². The molecule has 1 saturated heterocycles. The standard InChI is InChI=1S/C21H26N4O.2ClH/c26-20(17-13-21(17)8-10-22-11-9-21)23-16-6-4-15(5-7-16)18-14-25-12-2-1-3-19(25)24-18;;/h4-7,14,17,22H,1-3,8-13H2,(H,23,26);2*1H. The van der Waals surface area contributed by atoms with Crippen molar-refractivity contribution in [1.29, 1.82) is 0 Å². The van der Waals surface area contributed by atoms with E-state index in [2.05, 4.69) is 33.5 Å². The molecule has 1 saturated carbocycles. The Balaban J connectivity index is 0.00000112. The minimum atomic E-state index is 0. The molecule has 3 heterocycles. The lowest BCUT2D eigenvalue weighted by molar-refractivity contribution is -0.118. The van der Waals surface area contributed by atoms with Crippen LogP contribution in [0.1, 0.15) is 37.9 Å². The van der Waals surface area contributed by atoms with Crippen molar-refractivity contribution in [1.82, 2.24) is 14.9 Å². The molecule has 2 aromatic rings. The third-order valence-electron chi connectivity index (χ3n) is 6.46. The molecule has 28 heavy (non-hydrogen) atoms. The highest BCUT2D eigenvalue weighted by Gasteiger charge is 2.57. The highest BCUT2D eigenvalue weighted by atomic mass is 35.5. The Morgan fingerprint density at radius 2 is 1.89 bits per heavy atom. The number of rotatable bonds is 3. The molecule has 1 unspecified atom stereocenters. The SMILES string of the molecule is Cl.Cl.O=C(Nc1ccc(-c2cn3c(n2)CCCC3)cc1)C1CC12CCNCC2. The van der Waals surface area contributed by atoms with E-state index >= 15 is 0 Å². The summed E-state index contributed by atoms with van der Waals surface area (Å²) in [5.41, 5.74) is 3.32. The summed E-state index contributed by atoms with van der Waals surface area (Å²) in [6.07, 6.45) is 9.04. The number of imidazole rings is 1. The fourth-order valence-corrected chi connectivity index (χ4v) is 4.70. The first kappa shape index (κ1) is 21.2. The Morgan fingerprint density at radius 3 is 2.61 bits per heavy atom. The molecule has 1 atom stereocenters. The minimum Gasteiger partial charge on any atom is -0.334 e. The van der Waals surface area contributed by atoms with Gasteiger partial charge in [-0.3, -0.25) is 4.79 Å². The third-order valence-corrected chi connectivity index (χ3v) is 6.46. The van der Waals surface area contributed by atoms with Crippen molar-refractivity contribution in [3.8, 4) is 11.3 Å². The highest BCUT2D eigenvalue weighted by molar-refractivity contribution is 5.95. The van der Waals surface area contributed by atoms with Gasteiger partial charge in [0.25, 0.3) is 0 Å². The van der Waals surface area contributed by atoms with Crippen LogP contribution < -0.4 is 10.6 Å². The zero-order chi connectivity index (χ0) is 17.6. The molecule has 5 nitrogen and oxygen atoms in total. The summed E-state index contributed by atoms with van der Waals surface area (Å²) in [5, 5.41) is 6.51. The predicted octanol–water partition coefficient (Wildman–Crippen LogP) is 4.06. The average Bonchev–Trinajstić information content (AvgIpc) is 3.18. The molecule has 1 aliphatic carbocycles. The first-order valence-corrected chi connectivity index (χ1v) is 9.92. The second-order valence-electron chi connectivity index (χ2n) is 8.13. The van der Waals surface area contributed by atoms with Gasteiger partial charge in [-0.15, -0.1) is 24.8 Å². The van der Waals surface area contributed by atoms with Crippen LogP contribution in [0.3, 0.4) is 0 Å². The smallest absolute Gasteiger partial charge is 0.228 e. The number of benzene rings is 1. The van der Waals surface area contributed by atoms with E-state index in [1.165, 1.54) is 18.7 Å². The van der Waals surface area contributed by atoms with Gasteiger partial charge in [0.15, 0.2) is 0 Å². The number of fused-ring (bicyclic) bond motifs is 1. The second-order valence-corrected chi connectivity index (χ2v) is 8.13. The molecule has 2 aliphatic heterocycles. The van der Waals surface area contributed by atoms with E-state index in [-0.39, 0.29) is 42.1 Å². The second kappa shape index (κ2) is 8.44. The first-order valence-electron chi connectivity index (χ1n) is 9.92. The van der Waals surface area contributed by atoms with Crippen LogP contribution in [0.15, 0.2) is 30.5 Å². The summed E-state index contributed by atoms with van der Waals surface area (Å²) in [5.74, 6) is 1.59. The molecule has 2 fully saturated rings. The fourth-order valence-electron chi connectivity index (χ4n) is 4.70. The van der Waals surface area contributed by atoms with Crippen molar-refractivity contribution in [2.24, 2.45) is 11.3 Å². The van der Waals surface area contributed by atoms with Gasteiger partial charge in [-0.1, -0.05) is 12.1 Å². The lowest BCUT2D eigenvalue weighted by Crippen LogP contribution is -2.31. The first-order chi connectivity index (χ1) is 12.7. The van der Waals surface area contributed by atoms with Gasteiger partial charge in [0, 0.05) is 36.3 Å². The Bertz CT molecular complexity index is 804. The number of hydrogen-bond acceptors (Lipinski definition) is 3. The van der Waals surface area contributed by atoms with Gasteiger partial charge in [-0.2, -0.15) is 0 Å². The Hall–Kier alpha value is -1.56. The van der Waals surface area contributed by atoms with Crippen LogP contribution in [-0.4, -0.2) is 28.5 Å². The number of carbonyl (C=O) groups is 1. The van der Waals surface area contributed by atoms with E-state index in [1.54, 1.807) is 0 Å².